The number of nitro benzene ring substituents is 1. The maximum absolute atomic E-state index is 12.7. The van der Waals surface area contributed by atoms with Crippen LogP contribution in [0.5, 0.6) is 5.75 Å². The van der Waals surface area contributed by atoms with Crippen LogP contribution in [-0.4, -0.2) is 49.6 Å². The Morgan fingerprint density at radius 2 is 1.58 bits per heavy atom. The number of esters is 2. The highest BCUT2D eigenvalue weighted by molar-refractivity contribution is 5.98. The quantitative estimate of drug-likeness (QED) is 0.341. The molecule has 0 aliphatic carbocycles. The molecular weight excluding hydrogens is 428 g/mol. The predicted molar refractivity (Wildman–Crippen MR) is 119 cm³/mol. The van der Waals surface area contributed by atoms with Gasteiger partial charge in [-0.05, 0) is 29.7 Å². The first-order valence-electron chi connectivity index (χ1n) is 10.1. The van der Waals surface area contributed by atoms with Crippen LogP contribution in [0, 0.1) is 10.1 Å². The van der Waals surface area contributed by atoms with Crippen molar-refractivity contribution in [2.75, 3.05) is 27.9 Å². The maximum atomic E-state index is 12.7. The lowest BCUT2D eigenvalue weighted by Gasteiger charge is -2.30. The third-order valence-electron chi connectivity index (χ3n) is 5.31. The molecule has 0 atom stereocenters. The molecule has 0 saturated heterocycles. The highest BCUT2D eigenvalue weighted by Gasteiger charge is 2.35. The van der Waals surface area contributed by atoms with Gasteiger partial charge in [0.2, 0.25) is 0 Å². The van der Waals surface area contributed by atoms with Gasteiger partial charge in [-0.15, -0.1) is 0 Å². The number of benzene rings is 2. The molecule has 2 aromatic carbocycles. The molecule has 0 fully saturated rings. The van der Waals surface area contributed by atoms with Crippen LogP contribution in [0.2, 0.25) is 0 Å². The Hall–Kier alpha value is -4.14. The lowest BCUT2D eigenvalue weighted by molar-refractivity contribution is -0.384. The molecule has 3 rings (SSSR count). The van der Waals surface area contributed by atoms with Gasteiger partial charge < -0.3 is 19.1 Å². The van der Waals surface area contributed by atoms with E-state index >= 15 is 0 Å². The van der Waals surface area contributed by atoms with Crippen LogP contribution in [0.1, 0.15) is 17.0 Å². The molecule has 0 aromatic heterocycles. The zero-order valence-electron chi connectivity index (χ0n) is 18.5. The summed E-state index contributed by atoms with van der Waals surface area (Å²) < 4.78 is 15.1. The molecule has 0 unspecified atom stereocenters. The summed E-state index contributed by atoms with van der Waals surface area (Å²) in [5.74, 6) is -1.41. The van der Waals surface area contributed by atoms with Gasteiger partial charge in [0, 0.05) is 31.1 Å². The summed E-state index contributed by atoms with van der Waals surface area (Å²) >= 11 is 0. The third kappa shape index (κ3) is 5.38. The molecule has 9 nitrogen and oxygen atoms in total. The minimum absolute atomic E-state index is 0.150. The molecule has 0 saturated carbocycles. The van der Waals surface area contributed by atoms with E-state index in [-0.39, 0.29) is 16.8 Å². The van der Waals surface area contributed by atoms with Gasteiger partial charge >= 0.3 is 11.9 Å². The van der Waals surface area contributed by atoms with Gasteiger partial charge in [0.05, 0.1) is 43.3 Å². The number of ether oxygens (including phenoxy) is 3. The highest BCUT2D eigenvalue weighted by atomic mass is 16.6. The van der Waals surface area contributed by atoms with Crippen LogP contribution in [0.3, 0.4) is 0 Å². The van der Waals surface area contributed by atoms with Gasteiger partial charge in [-0.2, -0.15) is 0 Å². The highest BCUT2D eigenvalue weighted by Crippen LogP contribution is 2.38. The van der Waals surface area contributed by atoms with Crippen LogP contribution < -0.4 is 4.74 Å². The van der Waals surface area contributed by atoms with Crippen LogP contribution >= 0.6 is 0 Å². The second-order valence-corrected chi connectivity index (χ2v) is 7.27. The number of methoxy groups -OCH3 is 3. The molecule has 0 amide bonds. The number of carbonyl (C=O) groups excluding carboxylic acids is 2. The van der Waals surface area contributed by atoms with Gasteiger partial charge in [-0.3, -0.25) is 10.1 Å². The molecule has 0 spiro atoms. The SMILES string of the molecule is COC(=O)C1=CN(CCc2ccc(OC)cc2)C=C(C(=O)OC)C1c1cccc([N+](=O)[O-])c1. The molecule has 0 radical (unpaired) electrons. The molecule has 33 heavy (non-hydrogen) atoms. The van der Waals surface area contributed by atoms with Crippen molar-refractivity contribution in [3.8, 4) is 5.75 Å². The van der Waals surface area contributed by atoms with Crippen LogP contribution in [0.15, 0.2) is 72.1 Å². The lowest BCUT2D eigenvalue weighted by Crippen LogP contribution is -2.29. The number of non-ortho nitro benzene ring substituents is 1. The standard InChI is InChI=1S/C24H24N2O7/c1-31-19-9-7-16(8-10-19)11-12-25-14-20(23(27)32-2)22(21(15-25)24(28)33-3)17-5-4-6-18(13-17)26(29)30/h4-10,13-15,22H,11-12H2,1-3H3. The average Bonchev–Trinajstić information content (AvgIpc) is 2.86. The maximum Gasteiger partial charge on any atom is 0.336 e. The van der Waals surface area contributed by atoms with Crippen LogP contribution in [0.25, 0.3) is 0 Å². The van der Waals surface area contributed by atoms with Crippen LogP contribution in [-0.2, 0) is 25.5 Å². The summed E-state index contributed by atoms with van der Waals surface area (Å²) in [4.78, 5) is 37.8. The Kier molecular flexibility index (Phi) is 7.45. The van der Waals surface area contributed by atoms with E-state index in [0.717, 1.165) is 11.3 Å². The van der Waals surface area contributed by atoms with Gasteiger partial charge in [0.25, 0.3) is 5.69 Å². The smallest absolute Gasteiger partial charge is 0.336 e. The Balaban J connectivity index is 1.98. The van der Waals surface area contributed by atoms with Crippen molar-refractivity contribution >= 4 is 17.6 Å². The van der Waals surface area contributed by atoms with Crippen molar-refractivity contribution < 1.29 is 28.7 Å². The number of carbonyl (C=O) groups is 2. The topological polar surface area (TPSA) is 108 Å². The summed E-state index contributed by atoms with van der Waals surface area (Å²) in [6.45, 7) is 0.467. The minimum atomic E-state index is -0.873. The van der Waals surface area contributed by atoms with Gasteiger partial charge in [0.15, 0.2) is 0 Å². The Morgan fingerprint density at radius 1 is 0.970 bits per heavy atom. The average molecular weight is 452 g/mol. The van der Waals surface area contributed by atoms with Crippen molar-refractivity contribution in [1.82, 2.24) is 4.90 Å². The number of nitro groups is 1. The largest absolute Gasteiger partial charge is 0.497 e. The van der Waals surface area contributed by atoms with E-state index in [1.807, 2.05) is 24.3 Å². The number of nitrogens with zero attached hydrogens (tertiary/aromatic N) is 2. The second-order valence-electron chi connectivity index (χ2n) is 7.27. The second kappa shape index (κ2) is 10.4. The molecule has 9 heteroatoms. The van der Waals surface area contributed by atoms with E-state index in [1.165, 1.54) is 32.4 Å². The molecule has 2 aromatic rings. The molecule has 0 bridgehead atoms. The first-order chi connectivity index (χ1) is 15.9. The van der Waals surface area contributed by atoms with Crippen molar-refractivity contribution in [2.24, 2.45) is 0 Å². The lowest BCUT2D eigenvalue weighted by atomic mass is 9.83. The Morgan fingerprint density at radius 3 is 2.09 bits per heavy atom. The fourth-order valence-corrected chi connectivity index (χ4v) is 3.64. The van der Waals surface area contributed by atoms with E-state index in [2.05, 4.69) is 0 Å². The Bertz CT molecular complexity index is 1070. The Labute approximate surface area is 191 Å². The normalized spacial score (nSPS) is 13.6. The molecule has 1 aliphatic rings. The van der Waals surface area contributed by atoms with Crippen molar-refractivity contribution in [2.45, 2.75) is 12.3 Å². The van der Waals surface area contributed by atoms with E-state index < -0.39 is 22.8 Å². The summed E-state index contributed by atoms with van der Waals surface area (Å²) in [5, 5.41) is 11.3. The van der Waals surface area contributed by atoms with E-state index in [1.54, 1.807) is 30.5 Å². The zero-order valence-corrected chi connectivity index (χ0v) is 18.5. The molecule has 172 valence electrons. The van der Waals surface area contributed by atoms with Crippen molar-refractivity contribution in [3.63, 3.8) is 0 Å². The van der Waals surface area contributed by atoms with Crippen molar-refractivity contribution in [3.05, 3.63) is 93.3 Å². The number of hydrogen-bond acceptors (Lipinski definition) is 8. The van der Waals surface area contributed by atoms with Gasteiger partial charge in [0.1, 0.15) is 5.75 Å². The fourth-order valence-electron chi connectivity index (χ4n) is 3.64. The summed E-state index contributed by atoms with van der Waals surface area (Å²) in [6.07, 6.45) is 3.83. The van der Waals surface area contributed by atoms with Crippen LogP contribution in [0.4, 0.5) is 5.69 Å². The first-order valence-corrected chi connectivity index (χ1v) is 10.1. The zero-order chi connectivity index (χ0) is 24.0. The van der Waals surface area contributed by atoms with Crippen molar-refractivity contribution in [1.29, 1.82) is 0 Å². The molecular formula is C24H24N2O7. The summed E-state index contributed by atoms with van der Waals surface area (Å²) in [7, 11) is 4.08. The molecule has 1 aliphatic heterocycles. The van der Waals surface area contributed by atoms with Gasteiger partial charge in [-0.25, -0.2) is 9.59 Å². The summed E-state index contributed by atoms with van der Waals surface area (Å²) in [5.41, 5.74) is 1.65. The fraction of sp³-hybridized carbons (Fsp3) is 0.250. The first kappa shape index (κ1) is 23.5. The van der Waals surface area contributed by atoms with E-state index in [0.29, 0.717) is 18.5 Å². The van der Waals surface area contributed by atoms with Gasteiger partial charge in [-0.1, -0.05) is 24.3 Å². The minimum Gasteiger partial charge on any atom is -0.497 e. The molecule has 0 N–H and O–H groups in total. The predicted octanol–water partition coefficient (Wildman–Crippen LogP) is 3.36. The molecule has 1 heterocycles. The monoisotopic (exact) mass is 452 g/mol. The third-order valence-corrected chi connectivity index (χ3v) is 5.31. The number of hydrogen-bond donors (Lipinski definition) is 0. The number of rotatable bonds is 8. The van der Waals surface area contributed by atoms with E-state index in [9.17, 15) is 19.7 Å². The van der Waals surface area contributed by atoms with E-state index in [4.69, 9.17) is 14.2 Å². The summed E-state index contributed by atoms with van der Waals surface area (Å²) in [6, 6.07) is 13.4.